The van der Waals surface area contributed by atoms with Gasteiger partial charge in [0.15, 0.2) is 0 Å². The topological polar surface area (TPSA) is 44.1 Å². The maximum Gasteiger partial charge on any atom is 0.356 e. The Hall–Kier alpha value is -2.49. The number of nitrogens with two attached hydrogens (primary N) is 1. The van der Waals surface area contributed by atoms with Crippen molar-refractivity contribution in [2.24, 2.45) is 0 Å². The fourth-order valence-electron chi connectivity index (χ4n) is 3.03. The molecule has 0 aliphatic carbocycles. The molecule has 2 aromatic carbocycles. The van der Waals surface area contributed by atoms with Crippen molar-refractivity contribution in [1.29, 1.82) is 0 Å². The number of fused-ring (bicyclic) bond motifs is 1. The number of nitrogen functional groups attached to an aromatic ring is 1. The number of anilines is 1. The summed E-state index contributed by atoms with van der Waals surface area (Å²) < 4.78 is 10.2. The maximum atomic E-state index is 6.44. The molecule has 2 N–H and O–H groups in total. The molecular formula is C20H26N3O+. The smallest absolute Gasteiger partial charge is 0.356 e. The lowest BCUT2D eigenvalue weighted by Crippen LogP contribution is -2.37. The van der Waals surface area contributed by atoms with Crippen molar-refractivity contribution in [1.82, 2.24) is 4.57 Å². The Morgan fingerprint density at radius 1 is 1.00 bits per heavy atom. The van der Waals surface area contributed by atoms with Gasteiger partial charge in [-0.15, -0.1) is 0 Å². The van der Waals surface area contributed by atoms with Crippen LogP contribution in [0, 0.1) is 0 Å². The van der Waals surface area contributed by atoms with Crippen molar-refractivity contribution in [3.8, 4) is 5.75 Å². The van der Waals surface area contributed by atoms with Crippen LogP contribution in [0.15, 0.2) is 54.6 Å². The lowest BCUT2D eigenvalue weighted by atomic mass is 10.3. The lowest BCUT2D eigenvalue weighted by molar-refractivity contribution is -0.657. The molecule has 1 heterocycles. The molecule has 0 saturated carbocycles. The van der Waals surface area contributed by atoms with Gasteiger partial charge >= 0.3 is 5.95 Å². The molecular weight excluding hydrogens is 298 g/mol. The van der Waals surface area contributed by atoms with Crippen LogP contribution in [0.5, 0.6) is 5.75 Å². The fraction of sp³-hybridized carbons (Fsp3) is 0.350. The highest BCUT2D eigenvalue weighted by Crippen LogP contribution is 2.17. The number of benzene rings is 2. The number of aryl methyl sites for hydroxylation is 2. The van der Waals surface area contributed by atoms with Gasteiger partial charge in [-0.25, -0.2) is 9.13 Å². The Balaban J connectivity index is 1.70. The van der Waals surface area contributed by atoms with Gasteiger partial charge in [0.2, 0.25) is 0 Å². The summed E-state index contributed by atoms with van der Waals surface area (Å²) >= 11 is 0. The second-order valence-corrected chi connectivity index (χ2v) is 6.02. The van der Waals surface area contributed by atoms with Gasteiger partial charge < -0.3 is 4.74 Å². The molecule has 4 nitrogen and oxygen atoms in total. The summed E-state index contributed by atoms with van der Waals surface area (Å²) in [7, 11) is 0. The van der Waals surface area contributed by atoms with Crippen molar-refractivity contribution >= 4 is 17.0 Å². The second kappa shape index (κ2) is 7.86. The second-order valence-electron chi connectivity index (χ2n) is 6.02. The molecule has 0 unspecified atom stereocenters. The fourth-order valence-corrected chi connectivity index (χ4v) is 3.03. The van der Waals surface area contributed by atoms with Crippen LogP contribution in [0.2, 0.25) is 0 Å². The van der Waals surface area contributed by atoms with Gasteiger partial charge in [-0.2, -0.15) is 0 Å². The molecule has 0 aliphatic rings. The summed E-state index contributed by atoms with van der Waals surface area (Å²) in [6.45, 7) is 4.72. The first kappa shape index (κ1) is 16.4. The zero-order valence-corrected chi connectivity index (χ0v) is 14.3. The number of nitrogens with zero attached hydrogens (tertiary/aromatic N) is 2. The minimum atomic E-state index is 0.685. The number of ether oxygens (including phenoxy) is 1. The molecule has 0 aliphatic heterocycles. The molecule has 3 aromatic rings. The largest absolute Gasteiger partial charge is 0.493 e. The number of hydrogen-bond acceptors (Lipinski definition) is 2. The molecule has 0 bridgehead atoms. The van der Waals surface area contributed by atoms with Crippen LogP contribution in [0.4, 0.5) is 5.95 Å². The van der Waals surface area contributed by atoms with E-state index in [1.807, 2.05) is 30.3 Å². The summed E-state index contributed by atoms with van der Waals surface area (Å²) in [6, 6.07) is 18.4. The third kappa shape index (κ3) is 3.53. The van der Waals surface area contributed by atoms with Crippen LogP contribution in [0.25, 0.3) is 11.0 Å². The number of rotatable bonds is 8. The number of imidazole rings is 1. The van der Waals surface area contributed by atoms with Crippen LogP contribution < -0.4 is 15.0 Å². The molecule has 1 aromatic heterocycles. The van der Waals surface area contributed by atoms with Crippen molar-refractivity contribution in [3.05, 3.63) is 54.6 Å². The monoisotopic (exact) mass is 324 g/mol. The Bertz CT molecular complexity index is 780. The molecule has 3 rings (SSSR count). The van der Waals surface area contributed by atoms with E-state index >= 15 is 0 Å². The van der Waals surface area contributed by atoms with E-state index in [0.29, 0.717) is 6.61 Å². The van der Waals surface area contributed by atoms with E-state index < -0.39 is 0 Å². The molecule has 0 spiro atoms. The van der Waals surface area contributed by atoms with E-state index in [4.69, 9.17) is 10.5 Å². The van der Waals surface area contributed by atoms with Crippen LogP contribution in [-0.4, -0.2) is 11.2 Å². The summed E-state index contributed by atoms with van der Waals surface area (Å²) in [4.78, 5) is 0. The minimum Gasteiger partial charge on any atom is -0.493 e. The summed E-state index contributed by atoms with van der Waals surface area (Å²) in [5, 5.41) is 0. The van der Waals surface area contributed by atoms with Crippen LogP contribution >= 0.6 is 0 Å². The van der Waals surface area contributed by atoms with E-state index in [1.165, 1.54) is 11.0 Å². The summed E-state index contributed by atoms with van der Waals surface area (Å²) in [6.07, 6.45) is 3.22. The molecule has 0 fully saturated rings. The Labute approximate surface area is 143 Å². The van der Waals surface area contributed by atoms with E-state index in [0.717, 1.165) is 44.0 Å². The highest BCUT2D eigenvalue weighted by atomic mass is 16.5. The van der Waals surface area contributed by atoms with Gasteiger partial charge in [0.25, 0.3) is 0 Å². The minimum absolute atomic E-state index is 0.685. The average molecular weight is 324 g/mol. The number of unbranched alkanes of at least 4 members (excludes halogenated alkanes) is 1. The Kier molecular flexibility index (Phi) is 5.36. The van der Waals surface area contributed by atoms with Crippen molar-refractivity contribution in [2.75, 3.05) is 12.3 Å². The van der Waals surface area contributed by atoms with Gasteiger partial charge in [-0.3, -0.25) is 5.73 Å². The van der Waals surface area contributed by atoms with Crippen LogP contribution in [0.1, 0.15) is 26.2 Å². The van der Waals surface area contributed by atoms with Crippen LogP contribution in [-0.2, 0) is 13.1 Å². The highest BCUT2D eigenvalue weighted by molar-refractivity contribution is 5.73. The van der Waals surface area contributed by atoms with Gasteiger partial charge in [-0.1, -0.05) is 43.7 Å². The highest BCUT2D eigenvalue weighted by Gasteiger charge is 2.19. The first-order valence-corrected chi connectivity index (χ1v) is 8.75. The molecule has 0 radical (unpaired) electrons. The zero-order valence-electron chi connectivity index (χ0n) is 14.3. The van der Waals surface area contributed by atoms with Crippen molar-refractivity contribution < 1.29 is 9.30 Å². The van der Waals surface area contributed by atoms with E-state index in [9.17, 15) is 0 Å². The molecule has 4 heteroatoms. The zero-order chi connectivity index (χ0) is 16.8. The molecule has 126 valence electrons. The average Bonchev–Trinajstić information content (AvgIpc) is 2.89. The van der Waals surface area contributed by atoms with Gasteiger partial charge in [0, 0.05) is 6.42 Å². The third-order valence-corrected chi connectivity index (χ3v) is 4.29. The van der Waals surface area contributed by atoms with Gasteiger partial charge in [0.05, 0.1) is 19.7 Å². The predicted octanol–water partition coefficient (Wildman–Crippen LogP) is 3.78. The first-order valence-electron chi connectivity index (χ1n) is 8.75. The van der Waals surface area contributed by atoms with Crippen molar-refractivity contribution in [3.63, 3.8) is 0 Å². The SMILES string of the molecule is CCCCn1c(N)[n+](CCCOc2ccccc2)c2ccccc21. The predicted molar refractivity (Wildman–Crippen MR) is 98.0 cm³/mol. The Morgan fingerprint density at radius 3 is 2.54 bits per heavy atom. The molecule has 0 amide bonds. The third-order valence-electron chi connectivity index (χ3n) is 4.29. The molecule has 0 atom stereocenters. The standard InChI is InChI=1S/C20H25N3O/c1-2-3-14-22-18-12-7-8-13-19(18)23(20(22)21)15-9-16-24-17-10-5-4-6-11-17/h4-8,10-13,21H,2-3,9,14-16H2,1H3/p+1. The summed E-state index contributed by atoms with van der Waals surface area (Å²) in [5.41, 5.74) is 8.85. The summed E-state index contributed by atoms with van der Waals surface area (Å²) in [5.74, 6) is 1.75. The maximum absolute atomic E-state index is 6.44. The normalized spacial score (nSPS) is 11.0. The Morgan fingerprint density at radius 2 is 1.75 bits per heavy atom. The quantitative estimate of drug-likeness (QED) is 0.506. The first-order chi connectivity index (χ1) is 11.8. The van der Waals surface area contributed by atoms with E-state index in [1.54, 1.807) is 0 Å². The number of hydrogen-bond donors (Lipinski definition) is 1. The molecule has 0 saturated heterocycles. The molecule has 24 heavy (non-hydrogen) atoms. The van der Waals surface area contributed by atoms with E-state index in [2.05, 4.69) is 40.3 Å². The van der Waals surface area contributed by atoms with Gasteiger partial charge in [-0.05, 0) is 30.7 Å². The number of para-hydroxylation sites is 3. The van der Waals surface area contributed by atoms with Crippen molar-refractivity contribution in [2.45, 2.75) is 39.3 Å². The lowest BCUT2D eigenvalue weighted by Gasteiger charge is -2.06. The van der Waals surface area contributed by atoms with E-state index in [-0.39, 0.29) is 0 Å². The number of aromatic nitrogens is 2. The van der Waals surface area contributed by atoms with Gasteiger partial charge in [0.1, 0.15) is 16.8 Å². The van der Waals surface area contributed by atoms with Crippen LogP contribution in [0.3, 0.4) is 0 Å².